The third kappa shape index (κ3) is 2.90. The molecule has 0 saturated carbocycles. The van der Waals surface area contributed by atoms with Crippen molar-refractivity contribution < 1.29 is 5.11 Å². The molecular formula is C10H17N7O. The molecule has 98 valence electrons. The normalized spacial score (nSPS) is 12.8. The molecule has 1 atom stereocenters. The second-order valence-corrected chi connectivity index (χ2v) is 4.10. The number of aliphatic hydroxyl groups excluding tert-OH is 1. The monoisotopic (exact) mass is 251 g/mol. The fourth-order valence-corrected chi connectivity index (χ4v) is 1.66. The smallest absolute Gasteiger partial charge is 0.149 e. The lowest BCUT2D eigenvalue weighted by Crippen LogP contribution is -2.21. The van der Waals surface area contributed by atoms with Crippen molar-refractivity contribution in [1.82, 2.24) is 35.1 Å². The summed E-state index contributed by atoms with van der Waals surface area (Å²) in [5.41, 5.74) is 0.831. The van der Waals surface area contributed by atoms with Crippen molar-refractivity contribution in [1.29, 1.82) is 0 Å². The zero-order chi connectivity index (χ0) is 13.0. The van der Waals surface area contributed by atoms with E-state index >= 15 is 0 Å². The third-order valence-electron chi connectivity index (χ3n) is 2.64. The summed E-state index contributed by atoms with van der Waals surface area (Å²) >= 11 is 0. The zero-order valence-corrected chi connectivity index (χ0v) is 10.5. The number of nitrogens with one attached hydrogen (secondary N) is 1. The van der Waals surface area contributed by atoms with Crippen molar-refractivity contribution in [2.75, 3.05) is 6.61 Å². The molecule has 2 N–H and O–H groups in total. The van der Waals surface area contributed by atoms with Gasteiger partial charge in [-0.15, -0.1) is 15.3 Å². The second-order valence-electron chi connectivity index (χ2n) is 4.10. The minimum absolute atomic E-state index is 0.0611. The molecule has 0 bridgehead atoms. The first-order valence-electron chi connectivity index (χ1n) is 5.78. The molecule has 2 heterocycles. The van der Waals surface area contributed by atoms with Gasteiger partial charge in [-0.05, 0) is 6.92 Å². The Bertz CT molecular complexity index is 492. The number of aromatic nitrogens is 6. The fourth-order valence-electron chi connectivity index (χ4n) is 1.66. The average molecular weight is 251 g/mol. The second kappa shape index (κ2) is 5.69. The maximum absolute atomic E-state index is 8.78. The summed E-state index contributed by atoms with van der Waals surface area (Å²) in [6.45, 7) is 3.14. The van der Waals surface area contributed by atoms with Gasteiger partial charge in [0.05, 0.1) is 24.9 Å². The molecule has 0 amide bonds. The zero-order valence-electron chi connectivity index (χ0n) is 10.5. The predicted molar refractivity (Wildman–Crippen MR) is 63.4 cm³/mol. The number of aryl methyl sites for hydroxylation is 1. The van der Waals surface area contributed by atoms with Crippen molar-refractivity contribution in [3.63, 3.8) is 0 Å². The molecule has 1 unspecified atom stereocenters. The van der Waals surface area contributed by atoms with Crippen molar-refractivity contribution in [3.05, 3.63) is 24.0 Å². The van der Waals surface area contributed by atoms with Crippen molar-refractivity contribution in [3.8, 4) is 0 Å². The Morgan fingerprint density at radius 1 is 1.44 bits per heavy atom. The predicted octanol–water partition coefficient (Wildman–Crippen LogP) is -0.750. The van der Waals surface area contributed by atoms with E-state index in [4.69, 9.17) is 5.11 Å². The molecule has 0 aliphatic carbocycles. The first kappa shape index (κ1) is 12.7. The van der Waals surface area contributed by atoms with E-state index in [1.165, 1.54) is 0 Å². The van der Waals surface area contributed by atoms with E-state index in [-0.39, 0.29) is 12.6 Å². The van der Waals surface area contributed by atoms with Crippen LogP contribution in [0.5, 0.6) is 0 Å². The van der Waals surface area contributed by atoms with Crippen LogP contribution in [0.1, 0.15) is 24.5 Å². The Hall–Kier alpha value is -1.80. The van der Waals surface area contributed by atoms with Gasteiger partial charge in [0.2, 0.25) is 0 Å². The van der Waals surface area contributed by atoms with Crippen LogP contribution in [0.25, 0.3) is 0 Å². The lowest BCUT2D eigenvalue weighted by molar-refractivity contribution is 0.268. The molecule has 8 nitrogen and oxygen atoms in total. The van der Waals surface area contributed by atoms with Crippen molar-refractivity contribution in [2.45, 2.75) is 26.1 Å². The van der Waals surface area contributed by atoms with Crippen molar-refractivity contribution >= 4 is 0 Å². The third-order valence-corrected chi connectivity index (χ3v) is 2.64. The maximum atomic E-state index is 8.78. The van der Waals surface area contributed by atoms with Crippen LogP contribution in [0, 0.1) is 0 Å². The Balaban J connectivity index is 1.89. The largest absolute Gasteiger partial charge is 0.394 e. The molecule has 0 spiro atoms. The molecule has 2 aromatic heterocycles. The Morgan fingerprint density at radius 3 is 2.94 bits per heavy atom. The first-order valence-corrected chi connectivity index (χ1v) is 5.78. The lowest BCUT2D eigenvalue weighted by atomic mass is 10.3. The first-order chi connectivity index (χ1) is 8.70. The summed E-state index contributed by atoms with van der Waals surface area (Å²) in [6.07, 6.45) is 3.48. The Kier molecular flexibility index (Phi) is 4.00. The highest BCUT2D eigenvalue weighted by molar-refractivity contribution is 4.96. The molecule has 8 heteroatoms. The van der Waals surface area contributed by atoms with Gasteiger partial charge < -0.3 is 15.0 Å². The maximum Gasteiger partial charge on any atom is 0.149 e. The number of aliphatic hydroxyl groups is 1. The summed E-state index contributed by atoms with van der Waals surface area (Å²) in [6, 6.07) is 0.0838. The molecule has 2 rings (SSSR count). The van der Waals surface area contributed by atoms with Crippen LogP contribution < -0.4 is 5.32 Å². The number of hydrogen-bond acceptors (Lipinski definition) is 6. The molecule has 0 aliphatic heterocycles. The molecule has 0 radical (unpaired) electrons. The number of nitrogens with zero attached hydrogens (tertiary/aromatic N) is 6. The van der Waals surface area contributed by atoms with Gasteiger partial charge in [0.25, 0.3) is 0 Å². The summed E-state index contributed by atoms with van der Waals surface area (Å²) in [4.78, 5) is 0. The van der Waals surface area contributed by atoms with Gasteiger partial charge in [-0.1, -0.05) is 5.21 Å². The van der Waals surface area contributed by atoms with Crippen molar-refractivity contribution in [2.24, 2.45) is 7.05 Å². The van der Waals surface area contributed by atoms with Gasteiger partial charge in [0, 0.05) is 19.8 Å². The average Bonchev–Trinajstić information content (AvgIpc) is 2.96. The Morgan fingerprint density at radius 2 is 2.28 bits per heavy atom. The molecule has 18 heavy (non-hydrogen) atoms. The van der Waals surface area contributed by atoms with E-state index in [1.807, 2.05) is 24.7 Å². The molecule has 2 aromatic rings. The summed E-state index contributed by atoms with van der Waals surface area (Å²) in [7, 11) is 1.91. The van der Waals surface area contributed by atoms with Gasteiger partial charge >= 0.3 is 0 Å². The minimum Gasteiger partial charge on any atom is -0.394 e. The van der Waals surface area contributed by atoms with Crippen LogP contribution in [-0.4, -0.2) is 41.5 Å². The van der Waals surface area contributed by atoms with Crippen LogP contribution >= 0.6 is 0 Å². The van der Waals surface area contributed by atoms with Gasteiger partial charge in [-0.3, -0.25) is 0 Å². The van der Waals surface area contributed by atoms with Crippen LogP contribution in [0.3, 0.4) is 0 Å². The summed E-state index contributed by atoms with van der Waals surface area (Å²) < 4.78 is 3.49. The molecule has 0 aromatic carbocycles. The van der Waals surface area contributed by atoms with Gasteiger partial charge in [-0.2, -0.15) is 0 Å². The number of rotatable bonds is 6. The van der Waals surface area contributed by atoms with E-state index in [2.05, 4.69) is 25.8 Å². The summed E-state index contributed by atoms with van der Waals surface area (Å²) in [5, 5.41) is 27.9. The highest BCUT2D eigenvalue weighted by Crippen LogP contribution is 2.07. The van der Waals surface area contributed by atoms with Crippen LogP contribution in [-0.2, 0) is 20.1 Å². The molecular weight excluding hydrogens is 234 g/mol. The lowest BCUT2D eigenvalue weighted by Gasteiger charge is -2.11. The van der Waals surface area contributed by atoms with E-state index in [1.54, 1.807) is 11.0 Å². The van der Waals surface area contributed by atoms with E-state index in [0.29, 0.717) is 13.1 Å². The SMILES string of the molecule is CC(NCc1cn(CCO)nn1)c1nncn1C. The Labute approximate surface area is 105 Å². The highest BCUT2D eigenvalue weighted by atomic mass is 16.3. The minimum atomic E-state index is 0.0611. The quantitative estimate of drug-likeness (QED) is 0.701. The van der Waals surface area contributed by atoms with Crippen LogP contribution in [0.4, 0.5) is 0 Å². The standard InChI is InChI=1S/C10H17N7O/c1-8(10-14-12-7-16(10)2)11-5-9-6-17(3-4-18)15-13-9/h6-8,11,18H,3-5H2,1-2H3. The topological polar surface area (TPSA) is 93.7 Å². The molecule has 0 aliphatic rings. The van der Waals surface area contributed by atoms with Gasteiger partial charge in [0.15, 0.2) is 0 Å². The van der Waals surface area contributed by atoms with Crippen LogP contribution in [0.2, 0.25) is 0 Å². The fraction of sp³-hybridized carbons (Fsp3) is 0.600. The molecule has 0 saturated heterocycles. The van der Waals surface area contributed by atoms with Gasteiger partial charge in [0.1, 0.15) is 12.2 Å². The van der Waals surface area contributed by atoms with Gasteiger partial charge in [-0.25, -0.2) is 4.68 Å². The van der Waals surface area contributed by atoms with E-state index < -0.39 is 0 Å². The van der Waals surface area contributed by atoms with E-state index in [0.717, 1.165) is 11.5 Å². The van der Waals surface area contributed by atoms with Crippen LogP contribution in [0.15, 0.2) is 12.5 Å². The number of hydrogen-bond donors (Lipinski definition) is 2. The summed E-state index contributed by atoms with van der Waals surface area (Å²) in [5.74, 6) is 0.873. The highest BCUT2D eigenvalue weighted by Gasteiger charge is 2.11. The molecule has 0 fully saturated rings. The van der Waals surface area contributed by atoms with E-state index in [9.17, 15) is 0 Å².